The van der Waals surface area contributed by atoms with E-state index in [2.05, 4.69) is 65.6 Å². The molecule has 3 aromatic rings. The minimum Gasteiger partial charge on any atom is -0.342 e. The summed E-state index contributed by atoms with van der Waals surface area (Å²) in [5, 5.41) is 0. The van der Waals surface area contributed by atoms with Crippen LogP contribution in [0.5, 0.6) is 0 Å². The molecule has 0 radical (unpaired) electrons. The average Bonchev–Trinajstić information content (AvgIpc) is 3.57. The zero-order valence-electron chi connectivity index (χ0n) is 24.0. The van der Waals surface area contributed by atoms with E-state index in [1.54, 1.807) is 0 Å². The third-order valence-corrected chi connectivity index (χ3v) is 9.32. The van der Waals surface area contributed by atoms with Crippen LogP contribution in [0.25, 0.3) is 6.08 Å². The first-order valence-corrected chi connectivity index (χ1v) is 15.3. The Kier molecular flexibility index (Phi) is 8.33. The van der Waals surface area contributed by atoms with Crippen molar-refractivity contribution in [3.05, 3.63) is 108 Å². The highest BCUT2D eigenvalue weighted by Crippen LogP contribution is 2.43. The third-order valence-electron chi connectivity index (χ3n) is 9.32. The second kappa shape index (κ2) is 12.4. The van der Waals surface area contributed by atoms with E-state index >= 15 is 0 Å². The molecule has 2 amide bonds. The predicted molar refractivity (Wildman–Crippen MR) is 166 cm³/mol. The van der Waals surface area contributed by atoms with Crippen LogP contribution in [0.3, 0.4) is 0 Å². The van der Waals surface area contributed by atoms with Crippen molar-refractivity contribution in [2.75, 3.05) is 44.2 Å². The zero-order valence-corrected chi connectivity index (χ0v) is 24.0. The number of allylic oxidation sites excluding steroid dienone is 1. The van der Waals surface area contributed by atoms with Crippen LogP contribution in [0, 0.1) is 5.92 Å². The van der Waals surface area contributed by atoms with Gasteiger partial charge in [-0.2, -0.15) is 0 Å². The molecule has 212 valence electrons. The number of anilines is 1. The van der Waals surface area contributed by atoms with Crippen LogP contribution >= 0.6 is 0 Å². The molecule has 1 spiro atoms. The van der Waals surface area contributed by atoms with Crippen LogP contribution in [0.2, 0.25) is 0 Å². The summed E-state index contributed by atoms with van der Waals surface area (Å²) >= 11 is 0. The fraction of sp³-hybridized carbons (Fsp3) is 0.389. The molecule has 2 fully saturated rings. The topological polar surface area (TPSA) is 43.9 Å². The maximum Gasteiger partial charge on any atom is 0.232 e. The SMILES string of the molecule is O=C1CC(C(=O)N(CCCN2CCC3(C=Cc4ccccc43)CC2)c2ccccc2)CN1CCCc1ccccc1. The maximum absolute atomic E-state index is 13.8. The second-order valence-corrected chi connectivity index (χ2v) is 11.9. The van der Waals surface area contributed by atoms with Crippen LogP contribution in [-0.2, 0) is 21.4 Å². The van der Waals surface area contributed by atoms with Crippen molar-refractivity contribution in [3.63, 3.8) is 0 Å². The summed E-state index contributed by atoms with van der Waals surface area (Å²) in [6, 6.07) is 29.2. The van der Waals surface area contributed by atoms with Crippen molar-refractivity contribution in [1.29, 1.82) is 0 Å². The minimum atomic E-state index is -0.275. The number of fused-ring (bicyclic) bond motifs is 2. The summed E-state index contributed by atoms with van der Waals surface area (Å²) in [4.78, 5) is 33.1. The van der Waals surface area contributed by atoms with Crippen molar-refractivity contribution >= 4 is 23.6 Å². The smallest absolute Gasteiger partial charge is 0.232 e. The highest BCUT2D eigenvalue weighted by atomic mass is 16.2. The highest BCUT2D eigenvalue weighted by molar-refractivity contribution is 5.99. The number of amides is 2. The highest BCUT2D eigenvalue weighted by Gasteiger charge is 2.38. The summed E-state index contributed by atoms with van der Waals surface area (Å²) in [6.45, 7) is 5.04. The summed E-state index contributed by atoms with van der Waals surface area (Å²) in [5.74, 6) is -0.0851. The third kappa shape index (κ3) is 6.15. The number of likely N-dealkylation sites (tertiary alicyclic amines) is 2. The number of hydrogen-bond donors (Lipinski definition) is 0. The van der Waals surface area contributed by atoms with Gasteiger partial charge in [-0.25, -0.2) is 0 Å². The number of carbonyl (C=O) groups excluding carboxylic acids is 2. The molecule has 0 bridgehead atoms. The largest absolute Gasteiger partial charge is 0.342 e. The fourth-order valence-electron chi connectivity index (χ4n) is 6.97. The number of para-hydroxylation sites is 1. The van der Waals surface area contributed by atoms with Gasteiger partial charge in [0.15, 0.2) is 0 Å². The number of aryl methyl sites for hydroxylation is 1. The molecule has 1 atom stereocenters. The van der Waals surface area contributed by atoms with Crippen LogP contribution in [0.1, 0.15) is 48.8 Å². The number of piperidine rings is 1. The molecule has 3 aliphatic rings. The van der Waals surface area contributed by atoms with Gasteiger partial charge in [0.2, 0.25) is 11.8 Å². The molecular formula is C36H41N3O2. The molecule has 0 N–H and O–H groups in total. The Morgan fingerprint density at radius 3 is 2.34 bits per heavy atom. The molecule has 2 heterocycles. The number of benzene rings is 3. The Balaban J connectivity index is 1.02. The van der Waals surface area contributed by atoms with Gasteiger partial charge in [0.05, 0.1) is 5.92 Å². The van der Waals surface area contributed by atoms with Gasteiger partial charge < -0.3 is 14.7 Å². The summed E-state index contributed by atoms with van der Waals surface area (Å²) in [5.41, 5.74) is 5.27. The van der Waals surface area contributed by atoms with Gasteiger partial charge in [-0.15, -0.1) is 0 Å². The van der Waals surface area contributed by atoms with Gasteiger partial charge in [0.25, 0.3) is 0 Å². The Morgan fingerprint density at radius 2 is 1.56 bits per heavy atom. The van der Waals surface area contributed by atoms with Gasteiger partial charge in [-0.3, -0.25) is 9.59 Å². The Hall–Kier alpha value is -3.70. The monoisotopic (exact) mass is 547 g/mol. The standard InChI is InChI=1S/C36H41N3O2/c40-34-27-31(28-38(34)23-9-13-29-11-3-1-4-12-29)35(41)39(32-15-5-2-6-16-32)24-10-22-37-25-20-36(21-26-37)19-18-30-14-7-8-17-33(30)36/h1-8,11-12,14-19,31H,9-10,13,20-28H2. The first kappa shape index (κ1) is 27.5. The van der Waals surface area contributed by atoms with E-state index in [1.165, 1.54) is 16.7 Å². The first-order valence-electron chi connectivity index (χ1n) is 15.3. The molecule has 0 aromatic heterocycles. The Bertz CT molecular complexity index is 1360. The molecule has 2 saturated heterocycles. The number of carbonyl (C=O) groups is 2. The summed E-state index contributed by atoms with van der Waals surface area (Å²) < 4.78 is 0. The lowest BCUT2D eigenvalue weighted by Crippen LogP contribution is -2.43. The quantitative estimate of drug-likeness (QED) is 0.315. The van der Waals surface area contributed by atoms with Gasteiger partial charge in [0, 0.05) is 37.2 Å². The molecule has 1 unspecified atom stereocenters. The van der Waals surface area contributed by atoms with Crippen molar-refractivity contribution in [2.24, 2.45) is 5.92 Å². The lowest BCUT2D eigenvalue weighted by Gasteiger charge is -2.39. The number of hydrogen-bond acceptors (Lipinski definition) is 3. The van der Waals surface area contributed by atoms with Crippen molar-refractivity contribution in [3.8, 4) is 0 Å². The molecule has 2 aliphatic heterocycles. The number of nitrogens with zero attached hydrogens (tertiary/aromatic N) is 3. The van der Waals surface area contributed by atoms with Crippen LogP contribution in [-0.4, -0.2) is 60.9 Å². The average molecular weight is 548 g/mol. The summed E-state index contributed by atoms with van der Waals surface area (Å²) in [6.07, 6.45) is 10.1. The minimum absolute atomic E-state index is 0.0837. The van der Waals surface area contributed by atoms with E-state index in [0.717, 1.165) is 57.4 Å². The van der Waals surface area contributed by atoms with Crippen LogP contribution in [0.15, 0.2) is 91.0 Å². The van der Waals surface area contributed by atoms with Crippen LogP contribution in [0.4, 0.5) is 5.69 Å². The van der Waals surface area contributed by atoms with Crippen molar-refractivity contribution in [1.82, 2.24) is 9.80 Å². The number of rotatable bonds is 10. The normalized spacial score (nSPS) is 19.6. The van der Waals surface area contributed by atoms with E-state index in [-0.39, 0.29) is 23.1 Å². The molecule has 5 heteroatoms. The van der Waals surface area contributed by atoms with Gasteiger partial charge >= 0.3 is 0 Å². The Morgan fingerprint density at radius 1 is 0.854 bits per heavy atom. The predicted octanol–water partition coefficient (Wildman–Crippen LogP) is 5.95. The van der Waals surface area contributed by atoms with E-state index in [1.807, 2.05) is 46.2 Å². The van der Waals surface area contributed by atoms with Gasteiger partial charge in [-0.05, 0) is 80.6 Å². The molecule has 41 heavy (non-hydrogen) atoms. The lowest BCUT2D eigenvalue weighted by atomic mass is 9.74. The van der Waals surface area contributed by atoms with Gasteiger partial charge in [0.1, 0.15) is 0 Å². The van der Waals surface area contributed by atoms with Gasteiger partial charge in [-0.1, -0.05) is 84.9 Å². The van der Waals surface area contributed by atoms with E-state index in [0.29, 0.717) is 26.1 Å². The zero-order chi connectivity index (χ0) is 28.1. The second-order valence-electron chi connectivity index (χ2n) is 11.9. The van der Waals surface area contributed by atoms with Crippen molar-refractivity contribution in [2.45, 2.75) is 43.9 Å². The van der Waals surface area contributed by atoms with Crippen LogP contribution < -0.4 is 4.90 Å². The maximum atomic E-state index is 13.8. The fourth-order valence-corrected chi connectivity index (χ4v) is 6.97. The molecule has 0 saturated carbocycles. The first-order chi connectivity index (χ1) is 20.1. The molecule has 3 aromatic carbocycles. The van der Waals surface area contributed by atoms with Crippen molar-refractivity contribution < 1.29 is 9.59 Å². The lowest BCUT2D eigenvalue weighted by molar-refractivity contribution is -0.128. The summed E-state index contributed by atoms with van der Waals surface area (Å²) in [7, 11) is 0. The Labute approximate surface area is 244 Å². The van der Waals surface area contributed by atoms with E-state index < -0.39 is 0 Å². The molecular weight excluding hydrogens is 506 g/mol. The molecule has 5 nitrogen and oxygen atoms in total. The van der Waals surface area contributed by atoms with E-state index in [9.17, 15) is 9.59 Å². The molecule has 6 rings (SSSR count). The molecule has 1 aliphatic carbocycles. The van der Waals surface area contributed by atoms with E-state index in [4.69, 9.17) is 0 Å².